The minimum atomic E-state index is 0.574. The zero-order chi connectivity index (χ0) is 11.3. The lowest BCUT2D eigenvalue weighted by atomic mass is 9.97. The third-order valence-corrected chi connectivity index (χ3v) is 3.26. The standard InChI is InChI=1S/C11H20BrN3/c1-4-6-9(7-5-2)11-14-13-10(8-12)15(11)3/h9H,4-8H2,1-3H3. The van der Waals surface area contributed by atoms with Crippen LogP contribution in [0.2, 0.25) is 0 Å². The lowest BCUT2D eigenvalue weighted by Gasteiger charge is -2.14. The Balaban J connectivity index is 2.84. The van der Waals surface area contributed by atoms with E-state index in [2.05, 4.69) is 51.6 Å². The van der Waals surface area contributed by atoms with Gasteiger partial charge in [-0.25, -0.2) is 0 Å². The third-order valence-electron chi connectivity index (χ3n) is 2.76. The molecule has 0 saturated carbocycles. The summed E-state index contributed by atoms with van der Waals surface area (Å²) in [6.07, 6.45) is 4.84. The van der Waals surface area contributed by atoms with Crippen molar-refractivity contribution in [2.75, 3.05) is 0 Å². The van der Waals surface area contributed by atoms with E-state index in [-0.39, 0.29) is 0 Å². The average Bonchev–Trinajstić information content (AvgIpc) is 2.59. The van der Waals surface area contributed by atoms with Crippen LogP contribution in [0.15, 0.2) is 0 Å². The molecular weight excluding hydrogens is 254 g/mol. The molecule has 1 aromatic rings. The highest BCUT2D eigenvalue weighted by atomic mass is 79.9. The molecule has 1 aromatic heterocycles. The molecule has 1 heterocycles. The van der Waals surface area contributed by atoms with Gasteiger partial charge >= 0.3 is 0 Å². The maximum absolute atomic E-state index is 4.31. The molecule has 0 unspecified atom stereocenters. The van der Waals surface area contributed by atoms with Gasteiger partial charge in [0, 0.05) is 13.0 Å². The van der Waals surface area contributed by atoms with Crippen molar-refractivity contribution in [3.05, 3.63) is 11.6 Å². The van der Waals surface area contributed by atoms with Gasteiger partial charge in [-0.2, -0.15) is 0 Å². The smallest absolute Gasteiger partial charge is 0.143 e. The minimum absolute atomic E-state index is 0.574. The van der Waals surface area contributed by atoms with Crippen molar-refractivity contribution in [1.82, 2.24) is 14.8 Å². The van der Waals surface area contributed by atoms with Crippen LogP contribution in [0.1, 0.15) is 57.1 Å². The van der Waals surface area contributed by atoms with Gasteiger partial charge in [-0.1, -0.05) is 42.6 Å². The van der Waals surface area contributed by atoms with Gasteiger partial charge in [0.05, 0.1) is 5.33 Å². The van der Waals surface area contributed by atoms with Crippen molar-refractivity contribution in [3.63, 3.8) is 0 Å². The lowest BCUT2D eigenvalue weighted by molar-refractivity contribution is 0.516. The number of rotatable bonds is 6. The van der Waals surface area contributed by atoms with Crippen LogP contribution in [-0.2, 0) is 12.4 Å². The first kappa shape index (κ1) is 12.7. The van der Waals surface area contributed by atoms with Crippen LogP contribution in [-0.4, -0.2) is 14.8 Å². The van der Waals surface area contributed by atoms with Gasteiger partial charge in [-0.3, -0.25) is 0 Å². The van der Waals surface area contributed by atoms with E-state index >= 15 is 0 Å². The van der Waals surface area contributed by atoms with Gasteiger partial charge in [0.25, 0.3) is 0 Å². The quantitative estimate of drug-likeness (QED) is 0.744. The van der Waals surface area contributed by atoms with Gasteiger partial charge in [0.15, 0.2) is 0 Å². The normalized spacial score (nSPS) is 11.3. The van der Waals surface area contributed by atoms with Gasteiger partial charge in [0.2, 0.25) is 0 Å². The number of alkyl halides is 1. The Bertz CT molecular complexity index is 290. The maximum atomic E-state index is 4.31. The lowest BCUT2D eigenvalue weighted by Crippen LogP contribution is -2.07. The second-order valence-corrected chi connectivity index (χ2v) is 4.50. The van der Waals surface area contributed by atoms with E-state index in [9.17, 15) is 0 Å². The Morgan fingerprint density at radius 1 is 1.20 bits per heavy atom. The predicted molar refractivity (Wildman–Crippen MR) is 66.2 cm³/mol. The number of aromatic nitrogens is 3. The summed E-state index contributed by atoms with van der Waals surface area (Å²) in [4.78, 5) is 0. The van der Waals surface area contributed by atoms with Crippen LogP contribution in [0.25, 0.3) is 0 Å². The Kier molecular flexibility index (Phi) is 5.29. The summed E-state index contributed by atoms with van der Waals surface area (Å²) in [5.74, 6) is 2.74. The molecule has 0 aliphatic heterocycles. The van der Waals surface area contributed by atoms with Crippen LogP contribution in [0.4, 0.5) is 0 Å². The molecule has 0 bridgehead atoms. The predicted octanol–water partition coefficient (Wildman–Crippen LogP) is 3.39. The Labute approximate surface area is 100 Å². The van der Waals surface area contributed by atoms with E-state index in [0.29, 0.717) is 5.92 Å². The second-order valence-electron chi connectivity index (χ2n) is 3.94. The Morgan fingerprint density at radius 2 is 1.80 bits per heavy atom. The molecule has 4 heteroatoms. The second kappa shape index (κ2) is 6.26. The zero-order valence-corrected chi connectivity index (χ0v) is 11.4. The number of hydrogen-bond donors (Lipinski definition) is 0. The molecule has 0 aliphatic carbocycles. The van der Waals surface area contributed by atoms with Crippen molar-refractivity contribution >= 4 is 15.9 Å². The summed E-state index contributed by atoms with van der Waals surface area (Å²) in [6.45, 7) is 4.45. The monoisotopic (exact) mass is 273 g/mol. The van der Waals surface area contributed by atoms with E-state index in [4.69, 9.17) is 0 Å². The molecule has 15 heavy (non-hydrogen) atoms. The molecule has 0 N–H and O–H groups in total. The molecule has 0 saturated heterocycles. The molecule has 3 nitrogen and oxygen atoms in total. The third kappa shape index (κ3) is 3.03. The van der Waals surface area contributed by atoms with E-state index < -0.39 is 0 Å². The first-order valence-electron chi connectivity index (χ1n) is 5.68. The minimum Gasteiger partial charge on any atom is -0.317 e. The van der Waals surface area contributed by atoms with E-state index in [1.807, 2.05) is 0 Å². The van der Waals surface area contributed by atoms with Crippen molar-refractivity contribution in [3.8, 4) is 0 Å². The number of halogens is 1. The van der Waals surface area contributed by atoms with Crippen LogP contribution in [0.5, 0.6) is 0 Å². The van der Waals surface area contributed by atoms with Gasteiger partial charge < -0.3 is 4.57 Å². The molecule has 0 fully saturated rings. The first-order valence-corrected chi connectivity index (χ1v) is 6.80. The molecule has 0 radical (unpaired) electrons. The van der Waals surface area contributed by atoms with Crippen molar-refractivity contribution in [2.24, 2.45) is 7.05 Å². The number of nitrogens with zero attached hydrogens (tertiary/aromatic N) is 3. The summed E-state index contributed by atoms with van der Waals surface area (Å²) < 4.78 is 2.13. The van der Waals surface area contributed by atoms with Gasteiger partial charge in [-0.15, -0.1) is 10.2 Å². The van der Waals surface area contributed by atoms with E-state index in [1.165, 1.54) is 25.7 Å². The van der Waals surface area contributed by atoms with E-state index in [1.54, 1.807) is 0 Å². The molecule has 0 spiro atoms. The first-order chi connectivity index (χ1) is 7.24. The fraction of sp³-hybridized carbons (Fsp3) is 0.818. The molecule has 1 rings (SSSR count). The molecule has 0 amide bonds. The largest absolute Gasteiger partial charge is 0.317 e. The maximum Gasteiger partial charge on any atom is 0.143 e. The highest BCUT2D eigenvalue weighted by molar-refractivity contribution is 9.08. The Hall–Kier alpha value is -0.380. The molecule has 0 aromatic carbocycles. The number of hydrogen-bond acceptors (Lipinski definition) is 2. The highest BCUT2D eigenvalue weighted by Gasteiger charge is 2.17. The molecular formula is C11H20BrN3. The molecule has 86 valence electrons. The van der Waals surface area contributed by atoms with Gasteiger partial charge in [-0.05, 0) is 12.8 Å². The summed E-state index contributed by atoms with van der Waals surface area (Å²) in [5, 5.41) is 9.27. The summed E-state index contributed by atoms with van der Waals surface area (Å²) in [5.41, 5.74) is 0. The topological polar surface area (TPSA) is 30.7 Å². The highest BCUT2D eigenvalue weighted by Crippen LogP contribution is 2.25. The van der Waals surface area contributed by atoms with Crippen molar-refractivity contribution in [2.45, 2.75) is 50.8 Å². The van der Waals surface area contributed by atoms with Crippen molar-refractivity contribution < 1.29 is 0 Å². The zero-order valence-electron chi connectivity index (χ0n) is 9.83. The van der Waals surface area contributed by atoms with Crippen LogP contribution >= 0.6 is 15.9 Å². The SMILES string of the molecule is CCCC(CCC)c1nnc(CBr)n1C. The average molecular weight is 274 g/mol. The van der Waals surface area contributed by atoms with Crippen LogP contribution < -0.4 is 0 Å². The summed E-state index contributed by atoms with van der Waals surface area (Å²) >= 11 is 3.43. The summed E-state index contributed by atoms with van der Waals surface area (Å²) in [6, 6.07) is 0. The molecule has 0 aliphatic rings. The van der Waals surface area contributed by atoms with E-state index in [0.717, 1.165) is 17.0 Å². The van der Waals surface area contributed by atoms with Gasteiger partial charge in [0.1, 0.15) is 11.6 Å². The fourth-order valence-electron chi connectivity index (χ4n) is 1.95. The fourth-order valence-corrected chi connectivity index (χ4v) is 2.43. The Morgan fingerprint density at radius 3 is 2.20 bits per heavy atom. The molecule has 0 atom stereocenters. The van der Waals surface area contributed by atoms with Crippen LogP contribution in [0.3, 0.4) is 0 Å². The van der Waals surface area contributed by atoms with Crippen LogP contribution in [0, 0.1) is 0 Å². The van der Waals surface area contributed by atoms with Crippen molar-refractivity contribution in [1.29, 1.82) is 0 Å². The summed E-state index contributed by atoms with van der Waals surface area (Å²) in [7, 11) is 2.06.